The van der Waals surface area contributed by atoms with Gasteiger partial charge in [0, 0.05) is 5.92 Å². The van der Waals surface area contributed by atoms with E-state index < -0.39 is 0 Å². The first-order chi connectivity index (χ1) is 6.60. The molecule has 1 heteroatoms. The highest BCUT2D eigenvalue weighted by Crippen LogP contribution is 2.02. The molecule has 1 nitrogen and oxygen atoms in total. The van der Waals surface area contributed by atoms with Crippen LogP contribution in [0.5, 0.6) is 0 Å². The van der Waals surface area contributed by atoms with Gasteiger partial charge in [-0.2, -0.15) is 0 Å². The molecule has 0 fully saturated rings. The normalized spacial score (nSPS) is 14.4. The van der Waals surface area contributed by atoms with Gasteiger partial charge in [-0.05, 0) is 18.9 Å². The van der Waals surface area contributed by atoms with Crippen molar-refractivity contribution >= 4 is 6.21 Å². The molecule has 0 N–H and O–H groups in total. The molecule has 0 rings (SSSR count). The number of allylic oxidation sites excluding steroid dienone is 4. The molecule has 0 saturated heterocycles. The molecule has 0 aromatic carbocycles. The molecule has 0 bridgehead atoms. The summed E-state index contributed by atoms with van der Waals surface area (Å²) >= 11 is 0. The van der Waals surface area contributed by atoms with Crippen LogP contribution in [0.4, 0.5) is 0 Å². The minimum Gasteiger partial charge on any atom is -0.242 e. The standard InChI is InChI=1S/C13H22N/c1-6-12(3)9-8-10-13(4)11-14(5)7-2/h6,8-9,11,13H,1,3,7,10H2,2,4-5H3/q+1. The van der Waals surface area contributed by atoms with Gasteiger partial charge < -0.3 is 0 Å². The highest BCUT2D eigenvalue weighted by Gasteiger charge is 2.00. The number of nitrogens with zero attached hydrogens (tertiary/aromatic N) is 1. The number of rotatable bonds is 6. The summed E-state index contributed by atoms with van der Waals surface area (Å²) in [6.07, 6.45) is 9.24. The Balaban J connectivity index is 3.96. The van der Waals surface area contributed by atoms with Crippen LogP contribution in [0.1, 0.15) is 20.3 Å². The highest BCUT2D eigenvalue weighted by molar-refractivity contribution is 5.54. The predicted octanol–water partition coefficient (Wildman–Crippen LogP) is 3.04. The summed E-state index contributed by atoms with van der Waals surface area (Å²) in [6, 6.07) is 0. The lowest BCUT2D eigenvalue weighted by Gasteiger charge is -1.99. The van der Waals surface area contributed by atoms with Gasteiger partial charge in [-0.3, -0.25) is 0 Å². The van der Waals surface area contributed by atoms with Gasteiger partial charge in [0.2, 0.25) is 0 Å². The van der Waals surface area contributed by atoms with Gasteiger partial charge in [-0.1, -0.05) is 38.3 Å². The molecule has 0 amide bonds. The molecular weight excluding hydrogens is 170 g/mol. The zero-order valence-electron chi connectivity index (χ0n) is 9.66. The molecule has 0 aliphatic heterocycles. The summed E-state index contributed by atoms with van der Waals surface area (Å²) in [5.41, 5.74) is 0.973. The van der Waals surface area contributed by atoms with Crippen LogP contribution in [0, 0.1) is 5.92 Å². The van der Waals surface area contributed by atoms with E-state index >= 15 is 0 Å². The average molecular weight is 192 g/mol. The van der Waals surface area contributed by atoms with Crippen molar-refractivity contribution < 1.29 is 4.58 Å². The summed E-state index contributed by atoms with van der Waals surface area (Å²) in [4.78, 5) is 0. The van der Waals surface area contributed by atoms with E-state index in [1.807, 2.05) is 6.08 Å². The van der Waals surface area contributed by atoms with Crippen molar-refractivity contribution in [3.63, 3.8) is 0 Å². The second-order valence-corrected chi connectivity index (χ2v) is 3.62. The van der Waals surface area contributed by atoms with Gasteiger partial charge in [0.25, 0.3) is 0 Å². The van der Waals surface area contributed by atoms with Gasteiger partial charge in [0.05, 0.1) is 0 Å². The Kier molecular flexibility index (Phi) is 6.73. The van der Waals surface area contributed by atoms with Crippen LogP contribution in [0.2, 0.25) is 0 Å². The van der Waals surface area contributed by atoms with E-state index in [1.165, 1.54) is 0 Å². The second kappa shape index (κ2) is 7.31. The maximum Gasteiger partial charge on any atom is 0.142 e. The zero-order valence-corrected chi connectivity index (χ0v) is 9.66. The Labute approximate surface area is 88.2 Å². The second-order valence-electron chi connectivity index (χ2n) is 3.62. The molecule has 0 aliphatic carbocycles. The third-order valence-electron chi connectivity index (χ3n) is 2.11. The van der Waals surface area contributed by atoms with E-state index in [4.69, 9.17) is 0 Å². The van der Waals surface area contributed by atoms with E-state index in [1.54, 1.807) is 6.08 Å². The SMILES string of the molecule is C=CC(=C)C=CCC(C)C=[N+](C)CC. The van der Waals surface area contributed by atoms with Crippen molar-refractivity contribution in [2.45, 2.75) is 20.3 Å². The molecule has 0 saturated carbocycles. The lowest BCUT2D eigenvalue weighted by Crippen LogP contribution is -2.10. The molecule has 0 aliphatic rings. The molecule has 0 spiro atoms. The molecule has 78 valence electrons. The van der Waals surface area contributed by atoms with Crippen molar-refractivity contribution in [1.82, 2.24) is 0 Å². The number of hydrogen-bond acceptors (Lipinski definition) is 0. The summed E-state index contributed by atoms with van der Waals surface area (Å²) in [5, 5.41) is 0. The van der Waals surface area contributed by atoms with E-state index in [-0.39, 0.29) is 0 Å². The van der Waals surface area contributed by atoms with Crippen LogP contribution in [-0.2, 0) is 0 Å². The van der Waals surface area contributed by atoms with Crippen molar-refractivity contribution in [3.8, 4) is 0 Å². The van der Waals surface area contributed by atoms with Gasteiger partial charge in [-0.15, -0.1) is 0 Å². The smallest absolute Gasteiger partial charge is 0.142 e. The molecule has 0 aromatic heterocycles. The summed E-state index contributed by atoms with van der Waals surface area (Å²) < 4.78 is 2.21. The average Bonchev–Trinajstić information content (AvgIpc) is 2.17. The van der Waals surface area contributed by atoms with Crippen molar-refractivity contribution in [3.05, 3.63) is 37.0 Å². The fourth-order valence-corrected chi connectivity index (χ4v) is 1.10. The molecule has 0 aromatic rings. The lowest BCUT2D eigenvalue weighted by molar-refractivity contribution is -0.490. The van der Waals surface area contributed by atoms with E-state index in [0.29, 0.717) is 5.92 Å². The van der Waals surface area contributed by atoms with Gasteiger partial charge in [0.15, 0.2) is 0 Å². The highest BCUT2D eigenvalue weighted by atomic mass is 14.9. The van der Waals surface area contributed by atoms with Gasteiger partial charge >= 0.3 is 0 Å². The molecule has 14 heavy (non-hydrogen) atoms. The largest absolute Gasteiger partial charge is 0.242 e. The molecule has 1 atom stereocenters. The van der Waals surface area contributed by atoms with E-state index in [9.17, 15) is 0 Å². The maximum absolute atomic E-state index is 3.82. The fraction of sp³-hybridized carbons (Fsp3) is 0.462. The van der Waals surface area contributed by atoms with Crippen molar-refractivity contribution in [2.75, 3.05) is 13.6 Å². The molecule has 0 radical (unpaired) electrons. The van der Waals surface area contributed by atoms with Crippen LogP contribution in [0.25, 0.3) is 0 Å². The fourth-order valence-electron chi connectivity index (χ4n) is 1.10. The monoisotopic (exact) mass is 192 g/mol. The summed E-state index contributed by atoms with van der Waals surface area (Å²) in [6.45, 7) is 12.9. The van der Waals surface area contributed by atoms with Crippen LogP contribution >= 0.6 is 0 Å². The number of hydrogen-bond donors (Lipinski definition) is 0. The molecule has 1 unspecified atom stereocenters. The first-order valence-corrected chi connectivity index (χ1v) is 5.13. The van der Waals surface area contributed by atoms with Crippen molar-refractivity contribution in [2.24, 2.45) is 5.92 Å². The third-order valence-corrected chi connectivity index (χ3v) is 2.11. The quantitative estimate of drug-likeness (QED) is 0.346. The van der Waals surface area contributed by atoms with Crippen LogP contribution in [0.3, 0.4) is 0 Å². The first kappa shape index (κ1) is 12.9. The minimum absolute atomic E-state index is 0.578. The first-order valence-electron chi connectivity index (χ1n) is 5.13. The van der Waals surface area contributed by atoms with E-state index in [2.05, 4.69) is 50.9 Å². The van der Waals surface area contributed by atoms with Crippen molar-refractivity contribution in [1.29, 1.82) is 0 Å². The van der Waals surface area contributed by atoms with Crippen LogP contribution < -0.4 is 0 Å². The Morgan fingerprint density at radius 1 is 1.50 bits per heavy atom. The Morgan fingerprint density at radius 3 is 2.64 bits per heavy atom. The zero-order chi connectivity index (χ0) is 11.0. The van der Waals surface area contributed by atoms with Gasteiger partial charge in [-0.25, -0.2) is 4.58 Å². The van der Waals surface area contributed by atoms with Gasteiger partial charge in [0.1, 0.15) is 19.8 Å². The third kappa shape index (κ3) is 6.41. The topological polar surface area (TPSA) is 3.01 Å². The lowest BCUT2D eigenvalue weighted by atomic mass is 10.1. The Hall–Kier alpha value is -1.11. The minimum atomic E-state index is 0.578. The molecule has 0 heterocycles. The van der Waals surface area contributed by atoms with E-state index in [0.717, 1.165) is 18.5 Å². The predicted molar refractivity (Wildman–Crippen MR) is 65.0 cm³/mol. The summed E-state index contributed by atoms with van der Waals surface area (Å²) in [5.74, 6) is 0.578. The maximum atomic E-state index is 3.82. The van der Waals surface area contributed by atoms with Crippen LogP contribution in [0.15, 0.2) is 37.0 Å². The van der Waals surface area contributed by atoms with Crippen LogP contribution in [-0.4, -0.2) is 24.4 Å². The Bertz CT molecular complexity index is 246. The molecular formula is C13H22N+. The summed E-state index contributed by atoms with van der Waals surface area (Å²) in [7, 11) is 2.10. The Morgan fingerprint density at radius 2 is 2.14 bits per heavy atom.